The van der Waals surface area contributed by atoms with Gasteiger partial charge in [0.1, 0.15) is 0 Å². The Hall–Kier alpha value is -1.16. The molecule has 1 saturated carbocycles. The molecule has 2 N–H and O–H groups in total. The highest BCUT2D eigenvalue weighted by atomic mass is 16.3. The fourth-order valence-electron chi connectivity index (χ4n) is 2.52. The molecule has 0 radical (unpaired) electrons. The molecule has 0 amide bonds. The minimum Gasteiger partial charge on any atom is -0.395 e. The zero-order chi connectivity index (χ0) is 15.1. The zero-order valence-corrected chi connectivity index (χ0v) is 13.1. The van der Waals surface area contributed by atoms with Crippen molar-refractivity contribution in [3.63, 3.8) is 0 Å². The number of hydrogen-bond acceptors (Lipinski definition) is 3. The normalized spacial score (nSPS) is 16.1. The SMILES string of the molecule is C=CCN(CCO)Cc1ccc(C(C)CNC2CC2)cc1. The van der Waals surface area contributed by atoms with E-state index < -0.39 is 0 Å². The van der Waals surface area contributed by atoms with Crippen molar-refractivity contribution in [2.24, 2.45) is 0 Å². The molecule has 21 heavy (non-hydrogen) atoms. The third kappa shape index (κ3) is 5.62. The maximum absolute atomic E-state index is 9.08. The molecule has 0 saturated heterocycles. The smallest absolute Gasteiger partial charge is 0.0558 e. The first kappa shape index (κ1) is 16.2. The summed E-state index contributed by atoms with van der Waals surface area (Å²) < 4.78 is 0. The number of hydrogen-bond donors (Lipinski definition) is 2. The number of benzene rings is 1. The summed E-state index contributed by atoms with van der Waals surface area (Å²) in [5, 5.41) is 12.7. The Bertz CT molecular complexity index is 425. The Balaban J connectivity index is 1.85. The highest BCUT2D eigenvalue weighted by molar-refractivity contribution is 5.25. The second-order valence-corrected chi connectivity index (χ2v) is 6.07. The molecule has 3 heteroatoms. The fourth-order valence-corrected chi connectivity index (χ4v) is 2.52. The van der Waals surface area contributed by atoms with Crippen LogP contribution in [0.3, 0.4) is 0 Å². The number of nitrogens with one attached hydrogen (secondary N) is 1. The van der Waals surface area contributed by atoms with Crippen LogP contribution in [0.15, 0.2) is 36.9 Å². The van der Waals surface area contributed by atoms with Crippen LogP contribution in [0.25, 0.3) is 0 Å². The lowest BCUT2D eigenvalue weighted by Gasteiger charge is -2.20. The van der Waals surface area contributed by atoms with E-state index >= 15 is 0 Å². The van der Waals surface area contributed by atoms with E-state index in [9.17, 15) is 0 Å². The number of aliphatic hydroxyl groups excluding tert-OH is 1. The van der Waals surface area contributed by atoms with Gasteiger partial charge in [0.25, 0.3) is 0 Å². The third-order valence-electron chi connectivity index (χ3n) is 4.05. The molecule has 1 aromatic carbocycles. The van der Waals surface area contributed by atoms with Gasteiger partial charge in [0, 0.05) is 32.2 Å². The first-order valence-electron chi connectivity index (χ1n) is 7.99. The van der Waals surface area contributed by atoms with Gasteiger partial charge < -0.3 is 10.4 Å². The monoisotopic (exact) mass is 288 g/mol. The average molecular weight is 288 g/mol. The Labute approximate surface area is 128 Å². The van der Waals surface area contributed by atoms with Crippen LogP contribution in [0, 0.1) is 0 Å². The highest BCUT2D eigenvalue weighted by Crippen LogP contribution is 2.21. The summed E-state index contributed by atoms with van der Waals surface area (Å²) in [5.74, 6) is 0.557. The summed E-state index contributed by atoms with van der Waals surface area (Å²) in [6.45, 7) is 9.67. The van der Waals surface area contributed by atoms with E-state index in [-0.39, 0.29) is 6.61 Å². The van der Waals surface area contributed by atoms with E-state index in [0.717, 1.165) is 25.7 Å². The van der Waals surface area contributed by atoms with Crippen molar-refractivity contribution in [2.75, 3.05) is 26.2 Å². The van der Waals surface area contributed by atoms with E-state index in [1.54, 1.807) is 0 Å². The molecule has 2 rings (SSSR count). The largest absolute Gasteiger partial charge is 0.395 e. The lowest BCUT2D eigenvalue weighted by molar-refractivity contribution is 0.203. The molecule has 1 atom stereocenters. The van der Waals surface area contributed by atoms with Crippen molar-refractivity contribution in [1.29, 1.82) is 0 Å². The summed E-state index contributed by atoms with van der Waals surface area (Å²) in [6.07, 6.45) is 4.57. The lowest BCUT2D eigenvalue weighted by Crippen LogP contribution is -2.26. The molecule has 1 unspecified atom stereocenters. The van der Waals surface area contributed by atoms with Gasteiger partial charge in [-0.05, 0) is 29.9 Å². The Kier molecular flexibility index (Phi) is 6.43. The fraction of sp³-hybridized carbons (Fsp3) is 0.556. The molecule has 1 fully saturated rings. The predicted molar refractivity (Wildman–Crippen MR) is 88.4 cm³/mol. The van der Waals surface area contributed by atoms with Crippen LogP contribution in [0.1, 0.15) is 36.8 Å². The van der Waals surface area contributed by atoms with Gasteiger partial charge in [-0.3, -0.25) is 4.90 Å². The molecule has 1 aliphatic rings. The molecule has 1 aliphatic carbocycles. The van der Waals surface area contributed by atoms with Crippen LogP contribution in [0.5, 0.6) is 0 Å². The van der Waals surface area contributed by atoms with Crippen LogP contribution in [-0.2, 0) is 6.54 Å². The van der Waals surface area contributed by atoms with E-state index in [1.165, 1.54) is 24.0 Å². The summed E-state index contributed by atoms with van der Waals surface area (Å²) in [4.78, 5) is 2.19. The second-order valence-electron chi connectivity index (χ2n) is 6.07. The minimum absolute atomic E-state index is 0.190. The summed E-state index contributed by atoms with van der Waals surface area (Å²) in [6, 6.07) is 9.66. The molecule has 0 heterocycles. The van der Waals surface area contributed by atoms with Gasteiger partial charge in [0.05, 0.1) is 6.61 Å². The van der Waals surface area contributed by atoms with Crippen LogP contribution >= 0.6 is 0 Å². The van der Waals surface area contributed by atoms with Gasteiger partial charge in [-0.1, -0.05) is 37.3 Å². The van der Waals surface area contributed by atoms with E-state index in [0.29, 0.717) is 12.5 Å². The number of rotatable bonds is 10. The summed E-state index contributed by atoms with van der Waals surface area (Å²) >= 11 is 0. The van der Waals surface area contributed by atoms with Gasteiger partial charge in [0.15, 0.2) is 0 Å². The minimum atomic E-state index is 0.190. The lowest BCUT2D eigenvalue weighted by atomic mass is 9.99. The van der Waals surface area contributed by atoms with Crippen molar-refractivity contribution in [3.05, 3.63) is 48.0 Å². The summed E-state index contributed by atoms with van der Waals surface area (Å²) in [5.41, 5.74) is 2.68. The van der Waals surface area contributed by atoms with Gasteiger partial charge in [-0.25, -0.2) is 0 Å². The molecular weight excluding hydrogens is 260 g/mol. The quantitative estimate of drug-likeness (QED) is 0.649. The van der Waals surface area contributed by atoms with Crippen LogP contribution in [0.4, 0.5) is 0 Å². The van der Waals surface area contributed by atoms with Crippen LogP contribution in [0.2, 0.25) is 0 Å². The third-order valence-corrected chi connectivity index (χ3v) is 4.05. The zero-order valence-electron chi connectivity index (χ0n) is 13.1. The van der Waals surface area contributed by atoms with E-state index in [1.807, 2.05) is 6.08 Å². The van der Waals surface area contributed by atoms with Gasteiger partial charge in [-0.2, -0.15) is 0 Å². The molecule has 0 bridgehead atoms. The molecule has 3 nitrogen and oxygen atoms in total. The Morgan fingerprint density at radius 2 is 2.10 bits per heavy atom. The first-order valence-corrected chi connectivity index (χ1v) is 7.99. The molecule has 1 aromatic rings. The Morgan fingerprint density at radius 3 is 2.67 bits per heavy atom. The predicted octanol–water partition coefficient (Wildman–Crippen LogP) is 2.52. The summed E-state index contributed by atoms with van der Waals surface area (Å²) in [7, 11) is 0. The second kappa shape index (κ2) is 8.32. The standard InChI is InChI=1S/C18H28N2O/c1-3-10-20(11-12-21)14-16-4-6-17(7-5-16)15(2)13-19-18-8-9-18/h3-7,15,18-19,21H,1,8-14H2,2H3. The van der Waals surface area contributed by atoms with Gasteiger partial charge >= 0.3 is 0 Å². The highest BCUT2D eigenvalue weighted by Gasteiger charge is 2.21. The topological polar surface area (TPSA) is 35.5 Å². The van der Waals surface area contributed by atoms with Crippen LogP contribution < -0.4 is 5.32 Å². The van der Waals surface area contributed by atoms with Gasteiger partial charge in [0.2, 0.25) is 0 Å². The molecule has 0 spiro atoms. The molecule has 0 aromatic heterocycles. The van der Waals surface area contributed by atoms with Crippen molar-refractivity contribution in [3.8, 4) is 0 Å². The maximum atomic E-state index is 9.08. The van der Waals surface area contributed by atoms with Crippen molar-refractivity contribution in [1.82, 2.24) is 10.2 Å². The average Bonchev–Trinajstić information content (AvgIpc) is 3.30. The molecular formula is C18H28N2O. The van der Waals surface area contributed by atoms with E-state index in [4.69, 9.17) is 5.11 Å². The van der Waals surface area contributed by atoms with Crippen molar-refractivity contribution < 1.29 is 5.11 Å². The van der Waals surface area contributed by atoms with Gasteiger partial charge in [-0.15, -0.1) is 6.58 Å². The van der Waals surface area contributed by atoms with Crippen molar-refractivity contribution >= 4 is 0 Å². The van der Waals surface area contributed by atoms with E-state index in [2.05, 4.69) is 48.0 Å². The van der Waals surface area contributed by atoms with Crippen LogP contribution in [-0.4, -0.2) is 42.3 Å². The number of nitrogens with zero attached hydrogens (tertiary/aromatic N) is 1. The molecule has 116 valence electrons. The van der Waals surface area contributed by atoms with Crippen molar-refractivity contribution in [2.45, 2.75) is 38.3 Å². The maximum Gasteiger partial charge on any atom is 0.0558 e. The first-order chi connectivity index (χ1) is 10.2. The molecule has 0 aliphatic heterocycles. The number of aliphatic hydroxyl groups is 1. The Morgan fingerprint density at radius 1 is 1.38 bits per heavy atom.